The van der Waals surface area contributed by atoms with E-state index in [0.717, 1.165) is 18.8 Å². The first-order valence-electron chi connectivity index (χ1n) is 7.28. The third kappa shape index (κ3) is 3.68. The van der Waals surface area contributed by atoms with E-state index < -0.39 is 0 Å². The lowest BCUT2D eigenvalue weighted by molar-refractivity contribution is 0.207. The molecule has 1 saturated heterocycles. The number of rotatable bonds is 4. The van der Waals surface area contributed by atoms with Gasteiger partial charge in [-0.1, -0.05) is 32.0 Å². The lowest BCUT2D eigenvalue weighted by Crippen LogP contribution is -2.36. The summed E-state index contributed by atoms with van der Waals surface area (Å²) < 4.78 is 5.87. The number of thioether (sulfide) groups is 1. The third-order valence-corrected chi connectivity index (χ3v) is 5.41. The summed E-state index contributed by atoms with van der Waals surface area (Å²) in [5.74, 6) is 2.11. The van der Waals surface area contributed by atoms with Crippen LogP contribution in [0, 0.1) is 0 Å². The maximum Gasteiger partial charge on any atom is 0.123 e. The van der Waals surface area contributed by atoms with Crippen LogP contribution in [0.15, 0.2) is 24.3 Å². The van der Waals surface area contributed by atoms with Crippen LogP contribution < -0.4 is 10.5 Å². The third-order valence-electron chi connectivity index (χ3n) is 4.03. The fourth-order valence-electron chi connectivity index (χ4n) is 2.76. The number of nitrogens with zero attached hydrogens (tertiary/aromatic N) is 1. The van der Waals surface area contributed by atoms with E-state index in [4.69, 9.17) is 10.5 Å². The van der Waals surface area contributed by atoms with Crippen molar-refractivity contribution in [3.05, 3.63) is 29.8 Å². The Labute approximate surface area is 126 Å². The topological polar surface area (TPSA) is 38.5 Å². The fourth-order valence-corrected chi connectivity index (χ4v) is 3.88. The van der Waals surface area contributed by atoms with Crippen LogP contribution in [0.1, 0.15) is 31.9 Å². The molecule has 0 spiro atoms. The lowest BCUT2D eigenvalue weighted by atomic mass is 10.0. The monoisotopic (exact) mass is 294 g/mol. The first-order chi connectivity index (χ1) is 9.57. The highest BCUT2D eigenvalue weighted by atomic mass is 32.2. The van der Waals surface area contributed by atoms with Crippen molar-refractivity contribution in [1.82, 2.24) is 4.90 Å². The Kier molecular flexibility index (Phi) is 5.35. The van der Waals surface area contributed by atoms with Gasteiger partial charge in [0, 0.05) is 35.7 Å². The van der Waals surface area contributed by atoms with E-state index in [-0.39, 0.29) is 6.04 Å². The number of nitrogens with two attached hydrogens (primary N) is 1. The van der Waals surface area contributed by atoms with Crippen molar-refractivity contribution in [3.63, 3.8) is 0 Å². The molecule has 2 N–H and O–H groups in total. The Morgan fingerprint density at radius 2 is 2.10 bits per heavy atom. The van der Waals surface area contributed by atoms with E-state index in [9.17, 15) is 0 Å². The largest absolute Gasteiger partial charge is 0.496 e. The van der Waals surface area contributed by atoms with E-state index in [0.29, 0.717) is 11.3 Å². The summed E-state index contributed by atoms with van der Waals surface area (Å²) in [4.78, 5) is 2.51. The van der Waals surface area contributed by atoms with Crippen molar-refractivity contribution < 1.29 is 4.74 Å². The number of methoxy groups -OCH3 is 1. The van der Waals surface area contributed by atoms with Gasteiger partial charge in [-0.25, -0.2) is 0 Å². The summed E-state index contributed by atoms with van der Waals surface area (Å²) in [5, 5.41) is 0. The van der Waals surface area contributed by atoms with Gasteiger partial charge in [0.15, 0.2) is 0 Å². The Balaban J connectivity index is 2.19. The van der Waals surface area contributed by atoms with E-state index >= 15 is 0 Å². The average Bonchev–Trinajstić information content (AvgIpc) is 2.62. The van der Waals surface area contributed by atoms with Gasteiger partial charge in [0.25, 0.3) is 0 Å². The van der Waals surface area contributed by atoms with E-state index in [1.165, 1.54) is 17.7 Å². The Bertz CT molecular complexity index is 436. The normalized spacial score (nSPS) is 21.2. The molecule has 0 amide bonds. The van der Waals surface area contributed by atoms with Crippen molar-refractivity contribution in [1.29, 1.82) is 0 Å². The van der Waals surface area contributed by atoms with Gasteiger partial charge in [-0.15, -0.1) is 0 Å². The number of hydrogen-bond donors (Lipinski definition) is 1. The maximum atomic E-state index is 6.07. The van der Waals surface area contributed by atoms with Gasteiger partial charge in [0.2, 0.25) is 0 Å². The van der Waals surface area contributed by atoms with E-state index in [1.54, 1.807) is 7.11 Å². The van der Waals surface area contributed by atoms with Gasteiger partial charge in [0.1, 0.15) is 5.75 Å². The molecule has 112 valence electrons. The van der Waals surface area contributed by atoms with Crippen molar-refractivity contribution in [2.75, 3.05) is 32.5 Å². The van der Waals surface area contributed by atoms with Crippen LogP contribution >= 0.6 is 11.8 Å². The summed E-state index contributed by atoms with van der Waals surface area (Å²) in [5.41, 5.74) is 7.28. The number of ether oxygens (including phenoxy) is 1. The second kappa shape index (κ2) is 6.83. The first-order valence-corrected chi connectivity index (χ1v) is 8.27. The van der Waals surface area contributed by atoms with E-state index in [2.05, 4.69) is 42.6 Å². The van der Waals surface area contributed by atoms with Gasteiger partial charge < -0.3 is 10.5 Å². The highest BCUT2D eigenvalue weighted by Gasteiger charge is 2.28. The average molecular weight is 294 g/mol. The number of hydrogen-bond acceptors (Lipinski definition) is 4. The van der Waals surface area contributed by atoms with Crippen molar-refractivity contribution in [3.8, 4) is 5.75 Å². The zero-order valence-electron chi connectivity index (χ0n) is 12.8. The molecular weight excluding hydrogens is 268 g/mol. The molecule has 1 aromatic carbocycles. The van der Waals surface area contributed by atoms with Crippen LogP contribution in [0.5, 0.6) is 5.75 Å². The molecule has 1 aliphatic heterocycles. The number of para-hydroxylation sites is 1. The minimum absolute atomic E-state index is 0.251. The lowest BCUT2D eigenvalue weighted by Gasteiger charge is -2.31. The molecule has 0 radical (unpaired) electrons. The van der Waals surface area contributed by atoms with Crippen molar-refractivity contribution in [2.24, 2.45) is 5.73 Å². The van der Waals surface area contributed by atoms with Crippen molar-refractivity contribution >= 4 is 11.8 Å². The molecule has 1 fully saturated rings. The standard InChI is InChI=1S/C16H26N2OS/c1-16(2)8-9-18(10-11-20-16)14(12-17)13-6-4-5-7-15(13)19-3/h4-7,14H,8-12,17H2,1-3H3. The molecule has 0 saturated carbocycles. The summed E-state index contributed by atoms with van der Waals surface area (Å²) >= 11 is 2.06. The summed E-state index contributed by atoms with van der Waals surface area (Å²) in [6.45, 7) is 7.49. The zero-order valence-corrected chi connectivity index (χ0v) is 13.6. The van der Waals surface area contributed by atoms with Crippen LogP contribution in [0.4, 0.5) is 0 Å². The maximum absolute atomic E-state index is 6.07. The quantitative estimate of drug-likeness (QED) is 0.926. The van der Waals surface area contributed by atoms with Crippen LogP contribution in [0.25, 0.3) is 0 Å². The highest BCUT2D eigenvalue weighted by molar-refractivity contribution is 8.00. The molecule has 1 atom stereocenters. The van der Waals surface area contributed by atoms with Crippen LogP contribution in [-0.2, 0) is 0 Å². The minimum Gasteiger partial charge on any atom is -0.496 e. The predicted octanol–water partition coefficient (Wildman–Crippen LogP) is 2.91. The minimum atomic E-state index is 0.251. The molecule has 1 aromatic rings. The van der Waals surface area contributed by atoms with Gasteiger partial charge in [-0.2, -0.15) is 11.8 Å². The van der Waals surface area contributed by atoms with Gasteiger partial charge in [-0.3, -0.25) is 4.90 Å². The van der Waals surface area contributed by atoms with E-state index in [1.807, 2.05) is 12.1 Å². The molecule has 0 aliphatic carbocycles. The SMILES string of the molecule is COc1ccccc1C(CN)N1CCSC(C)(C)CC1. The number of benzene rings is 1. The van der Waals surface area contributed by atoms with Crippen molar-refractivity contribution in [2.45, 2.75) is 31.1 Å². The highest BCUT2D eigenvalue weighted by Crippen LogP contribution is 2.35. The second-order valence-corrected chi connectivity index (χ2v) is 7.69. The molecular formula is C16H26N2OS. The Morgan fingerprint density at radius 3 is 2.80 bits per heavy atom. The molecule has 3 nitrogen and oxygen atoms in total. The molecule has 2 rings (SSSR count). The molecule has 0 aromatic heterocycles. The molecule has 1 aliphatic rings. The molecule has 20 heavy (non-hydrogen) atoms. The fraction of sp³-hybridized carbons (Fsp3) is 0.625. The van der Waals surface area contributed by atoms with Crippen LogP contribution in [0.3, 0.4) is 0 Å². The van der Waals surface area contributed by atoms with Crippen LogP contribution in [-0.4, -0.2) is 42.1 Å². The second-order valence-electron chi connectivity index (χ2n) is 5.89. The summed E-state index contributed by atoms with van der Waals surface area (Å²) in [7, 11) is 1.73. The molecule has 1 heterocycles. The Morgan fingerprint density at radius 1 is 1.35 bits per heavy atom. The summed E-state index contributed by atoms with van der Waals surface area (Å²) in [6.07, 6.45) is 1.20. The molecule has 1 unspecified atom stereocenters. The predicted molar refractivity (Wildman–Crippen MR) is 87.5 cm³/mol. The van der Waals surface area contributed by atoms with Crippen LogP contribution in [0.2, 0.25) is 0 Å². The van der Waals surface area contributed by atoms with Gasteiger partial charge >= 0.3 is 0 Å². The first kappa shape index (κ1) is 15.7. The summed E-state index contributed by atoms with van der Waals surface area (Å²) in [6, 6.07) is 8.49. The molecule has 0 bridgehead atoms. The zero-order chi connectivity index (χ0) is 14.6. The van der Waals surface area contributed by atoms with Gasteiger partial charge in [-0.05, 0) is 12.5 Å². The Hall–Kier alpha value is -0.710. The smallest absolute Gasteiger partial charge is 0.123 e. The molecule has 4 heteroatoms. The van der Waals surface area contributed by atoms with Gasteiger partial charge in [0.05, 0.1) is 13.2 Å².